The summed E-state index contributed by atoms with van der Waals surface area (Å²) >= 11 is 0. The number of amides is 2. The lowest BCUT2D eigenvalue weighted by Crippen LogP contribution is -2.65. The monoisotopic (exact) mass is 340 g/mol. The maximum atomic E-state index is 12.8. The van der Waals surface area contributed by atoms with Gasteiger partial charge in [0.15, 0.2) is 5.79 Å². The zero-order chi connectivity index (χ0) is 17.5. The number of hydrogen-bond donors (Lipinski definition) is 2. The summed E-state index contributed by atoms with van der Waals surface area (Å²) < 4.78 is 12.3. The molecule has 1 spiro atoms. The van der Waals surface area contributed by atoms with E-state index in [-0.39, 0.29) is 12.5 Å². The molecule has 2 heterocycles. The molecule has 2 N–H and O–H groups in total. The summed E-state index contributed by atoms with van der Waals surface area (Å²) in [5.41, 5.74) is -0.417. The third-order valence-electron chi connectivity index (χ3n) is 4.99. The van der Waals surface area contributed by atoms with Gasteiger partial charge in [0.25, 0.3) is 0 Å². The number of rotatable bonds is 2. The van der Waals surface area contributed by atoms with Gasteiger partial charge in [-0.05, 0) is 33.6 Å². The number of ether oxygens (including phenoxy) is 2. The summed E-state index contributed by atoms with van der Waals surface area (Å²) in [5.74, 6) is -0.985. The largest absolute Gasteiger partial charge is 0.388 e. The number of piperidine rings is 1. The van der Waals surface area contributed by atoms with Gasteiger partial charge in [-0.1, -0.05) is 6.42 Å². The number of carbonyl (C=O) groups is 2. The number of aliphatic hydroxyl groups is 1. The highest BCUT2D eigenvalue weighted by atomic mass is 16.8. The molecule has 0 aromatic heterocycles. The van der Waals surface area contributed by atoms with Crippen molar-refractivity contribution in [3.63, 3.8) is 0 Å². The van der Waals surface area contributed by atoms with Crippen molar-refractivity contribution in [1.82, 2.24) is 10.2 Å². The van der Waals surface area contributed by atoms with Crippen LogP contribution < -0.4 is 5.32 Å². The van der Waals surface area contributed by atoms with Gasteiger partial charge >= 0.3 is 0 Å². The van der Waals surface area contributed by atoms with Gasteiger partial charge < -0.3 is 24.8 Å². The maximum absolute atomic E-state index is 12.8. The Labute approximate surface area is 142 Å². The lowest BCUT2D eigenvalue weighted by Gasteiger charge is -2.41. The lowest BCUT2D eigenvalue weighted by molar-refractivity contribution is -0.199. The van der Waals surface area contributed by atoms with Crippen LogP contribution in [-0.4, -0.2) is 64.5 Å². The van der Waals surface area contributed by atoms with E-state index in [0.29, 0.717) is 6.41 Å². The first-order valence-corrected chi connectivity index (χ1v) is 8.81. The average molecular weight is 340 g/mol. The van der Waals surface area contributed by atoms with Crippen molar-refractivity contribution in [3.05, 3.63) is 0 Å². The minimum Gasteiger partial charge on any atom is -0.388 e. The van der Waals surface area contributed by atoms with Gasteiger partial charge in [0.2, 0.25) is 12.3 Å². The summed E-state index contributed by atoms with van der Waals surface area (Å²) in [7, 11) is 0. The van der Waals surface area contributed by atoms with Gasteiger partial charge in [-0.3, -0.25) is 9.59 Å². The van der Waals surface area contributed by atoms with Gasteiger partial charge in [-0.2, -0.15) is 0 Å². The number of nitrogens with zero attached hydrogens (tertiary/aromatic N) is 1. The molecule has 4 atom stereocenters. The molecule has 0 aromatic carbocycles. The van der Waals surface area contributed by atoms with E-state index in [1.807, 2.05) is 20.8 Å². The van der Waals surface area contributed by atoms with Crippen LogP contribution in [0.2, 0.25) is 0 Å². The molecule has 7 heteroatoms. The van der Waals surface area contributed by atoms with Crippen molar-refractivity contribution in [3.8, 4) is 0 Å². The molecule has 136 valence electrons. The van der Waals surface area contributed by atoms with E-state index in [0.717, 1.165) is 32.1 Å². The van der Waals surface area contributed by atoms with Crippen LogP contribution in [0.5, 0.6) is 0 Å². The Morgan fingerprint density at radius 1 is 1.21 bits per heavy atom. The van der Waals surface area contributed by atoms with Crippen molar-refractivity contribution in [2.45, 2.75) is 88.6 Å². The molecule has 0 radical (unpaired) electrons. The SMILES string of the molecule is CC(C)(C)NC(=O)[C@H]1[C@@H]2OC3(CCCCC3)O[C@@H]2[C@H](O)CN1C=O. The molecular formula is C17H28N2O5. The number of hydrogen-bond acceptors (Lipinski definition) is 5. The Balaban J connectivity index is 1.85. The second-order valence-corrected chi connectivity index (χ2v) is 8.19. The third-order valence-corrected chi connectivity index (χ3v) is 4.99. The van der Waals surface area contributed by atoms with Crippen LogP contribution in [0.3, 0.4) is 0 Å². The molecule has 2 saturated heterocycles. The number of carbonyl (C=O) groups excluding carboxylic acids is 2. The molecule has 3 fully saturated rings. The molecule has 0 bridgehead atoms. The first-order chi connectivity index (χ1) is 11.2. The van der Waals surface area contributed by atoms with Crippen molar-refractivity contribution >= 4 is 12.3 Å². The Morgan fingerprint density at radius 2 is 1.83 bits per heavy atom. The second kappa shape index (κ2) is 6.28. The van der Waals surface area contributed by atoms with E-state index in [1.165, 1.54) is 4.90 Å². The first-order valence-electron chi connectivity index (χ1n) is 8.81. The van der Waals surface area contributed by atoms with Crippen LogP contribution in [-0.2, 0) is 19.1 Å². The summed E-state index contributed by atoms with van der Waals surface area (Å²) in [4.78, 5) is 25.6. The van der Waals surface area contributed by atoms with Crippen LogP contribution in [0.25, 0.3) is 0 Å². The number of likely N-dealkylation sites (tertiary alicyclic amines) is 1. The first kappa shape index (κ1) is 17.6. The topological polar surface area (TPSA) is 88.1 Å². The van der Waals surface area contributed by atoms with Gasteiger partial charge in [-0.15, -0.1) is 0 Å². The molecule has 0 unspecified atom stereocenters. The zero-order valence-corrected chi connectivity index (χ0v) is 14.7. The Bertz CT molecular complexity index is 498. The number of fused-ring (bicyclic) bond motifs is 1. The van der Waals surface area contributed by atoms with Crippen LogP contribution >= 0.6 is 0 Å². The van der Waals surface area contributed by atoms with Gasteiger partial charge in [-0.25, -0.2) is 0 Å². The number of nitrogens with one attached hydrogen (secondary N) is 1. The van der Waals surface area contributed by atoms with E-state index in [9.17, 15) is 14.7 Å². The van der Waals surface area contributed by atoms with Gasteiger partial charge in [0, 0.05) is 24.9 Å². The molecule has 0 aromatic rings. The second-order valence-electron chi connectivity index (χ2n) is 8.19. The Kier molecular flexibility index (Phi) is 4.61. The highest BCUT2D eigenvalue weighted by Crippen LogP contribution is 2.44. The standard InChI is InChI=1S/C17H28N2O5/c1-16(2,3)18-15(22)12-14-13(11(21)9-19(12)10-20)23-17(24-14)7-5-4-6-8-17/h10-14,21H,4-9H2,1-3H3,(H,18,22)/t11-,12-,13-,14+/m1/s1. The minimum atomic E-state index is -0.847. The smallest absolute Gasteiger partial charge is 0.246 e. The quantitative estimate of drug-likeness (QED) is 0.717. The fraction of sp³-hybridized carbons (Fsp3) is 0.882. The molecule has 3 rings (SSSR count). The van der Waals surface area contributed by atoms with Gasteiger partial charge in [0.1, 0.15) is 24.4 Å². The number of aliphatic hydroxyl groups excluding tert-OH is 1. The predicted molar refractivity (Wildman–Crippen MR) is 86.0 cm³/mol. The average Bonchev–Trinajstić information content (AvgIpc) is 2.84. The summed E-state index contributed by atoms with van der Waals surface area (Å²) in [6, 6.07) is -0.781. The molecule has 24 heavy (non-hydrogen) atoms. The Morgan fingerprint density at radius 3 is 2.42 bits per heavy atom. The summed E-state index contributed by atoms with van der Waals surface area (Å²) in [6.07, 6.45) is 3.23. The van der Waals surface area contributed by atoms with Crippen molar-refractivity contribution in [2.24, 2.45) is 0 Å². The molecule has 1 aliphatic carbocycles. The normalized spacial score (nSPS) is 35.6. The van der Waals surface area contributed by atoms with E-state index >= 15 is 0 Å². The lowest BCUT2D eigenvalue weighted by atomic mass is 9.93. The van der Waals surface area contributed by atoms with E-state index in [4.69, 9.17) is 9.47 Å². The fourth-order valence-electron chi connectivity index (χ4n) is 4.00. The fourth-order valence-corrected chi connectivity index (χ4v) is 4.00. The van der Waals surface area contributed by atoms with E-state index in [2.05, 4.69) is 5.32 Å². The molecule has 2 amide bonds. The van der Waals surface area contributed by atoms with Crippen LogP contribution in [0.1, 0.15) is 52.9 Å². The third kappa shape index (κ3) is 3.30. The van der Waals surface area contributed by atoms with Crippen LogP contribution in [0.4, 0.5) is 0 Å². The zero-order valence-electron chi connectivity index (χ0n) is 14.7. The minimum absolute atomic E-state index is 0.0757. The van der Waals surface area contributed by atoms with Crippen molar-refractivity contribution in [1.29, 1.82) is 0 Å². The number of β-amino-alcohol motifs (C(OH)–C–C–N with tert-alkyl or cyclic N) is 1. The molecule has 7 nitrogen and oxygen atoms in total. The maximum Gasteiger partial charge on any atom is 0.246 e. The molecular weight excluding hydrogens is 312 g/mol. The van der Waals surface area contributed by atoms with Crippen LogP contribution in [0.15, 0.2) is 0 Å². The van der Waals surface area contributed by atoms with E-state index in [1.54, 1.807) is 0 Å². The summed E-state index contributed by atoms with van der Waals surface area (Å²) in [5, 5.41) is 13.3. The highest BCUT2D eigenvalue weighted by molar-refractivity contribution is 5.85. The van der Waals surface area contributed by atoms with E-state index < -0.39 is 35.7 Å². The molecule has 3 aliphatic rings. The molecule has 1 saturated carbocycles. The van der Waals surface area contributed by atoms with Gasteiger partial charge in [0.05, 0.1) is 0 Å². The predicted octanol–water partition coefficient (Wildman–Crippen LogP) is 0.547. The van der Waals surface area contributed by atoms with Crippen molar-refractivity contribution < 1.29 is 24.2 Å². The molecule has 2 aliphatic heterocycles. The highest BCUT2D eigenvalue weighted by Gasteiger charge is 2.58. The van der Waals surface area contributed by atoms with Crippen LogP contribution in [0, 0.1) is 0 Å². The summed E-state index contributed by atoms with van der Waals surface area (Å²) in [6.45, 7) is 5.74. The van der Waals surface area contributed by atoms with Crippen molar-refractivity contribution in [2.75, 3.05) is 6.54 Å². The Hall–Kier alpha value is -1.18.